The average molecular weight is 280 g/mol. The molecule has 0 saturated heterocycles. The third-order valence-electron chi connectivity index (χ3n) is 3.29. The van der Waals surface area contributed by atoms with E-state index in [9.17, 15) is 0 Å². The van der Waals surface area contributed by atoms with E-state index in [1.165, 1.54) is 55.4 Å². The van der Waals surface area contributed by atoms with Crippen molar-refractivity contribution in [1.82, 2.24) is 0 Å². The third kappa shape index (κ3) is 7.64. The normalized spacial score (nSPS) is 12.6. The molecule has 0 fully saturated rings. The molecule has 108 valence electrons. The predicted octanol–water partition coefficient (Wildman–Crippen LogP) is 6.16. The van der Waals surface area contributed by atoms with E-state index in [0.29, 0.717) is 6.10 Å². The van der Waals surface area contributed by atoms with Crippen molar-refractivity contribution in [3.63, 3.8) is 0 Å². The van der Waals surface area contributed by atoms with Crippen molar-refractivity contribution in [2.75, 3.05) is 0 Å². The number of aryl methyl sites for hydroxylation is 1. The van der Waals surface area contributed by atoms with Gasteiger partial charge in [0.05, 0.1) is 6.10 Å². The van der Waals surface area contributed by atoms with Gasteiger partial charge in [0.25, 0.3) is 0 Å². The van der Waals surface area contributed by atoms with Gasteiger partial charge in [-0.1, -0.05) is 63.6 Å². The van der Waals surface area contributed by atoms with E-state index in [1.54, 1.807) is 12.0 Å². The zero-order chi connectivity index (χ0) is 13.9. The summed E-state index contributed by atoms with van der Waals surface area (Å²) in [6, 6.07) is 8.56. The summed E-state index contributed by atoms with van der Waals surface area (Å²) in [6.07, 6.45) is 9.28. The van der Waals surface area contributed by atoms with Crippen LogP contribution < -0.4 is 0 Å². The maximum Gasteiger partial charge on any atom is 0.0726 e. The summed E-state index contributed by atoms with van der Waals surface area (Å²) in [6.45, 7) is 6.61. The predicted molar refractivity (Wildman–Crippen MR) is 85.6 cm³/mol. The molecule has 1 aromatic carbocycles. The lowest BCUT2D eigenvalue weighted by atomic mass is 10.1. The quantitative estimate of drug-likeness (QED) is 0.375. The van der Waals surface area contributed by atoms with Crippen molar-refractivity contribution in [2.45, 2.75) is 76.7 Å². The van der Waals surface area contributed by atoms with Crippen molar-refractivity contribution in [3.05, 3.63) is 29.8 Å². The van der Waals surface area contributed by atoms with Crippen LogP contribution in [0.3, 0.4) is 0 Å². The van der Waals surface area contributed by atoms with Gasteiger partial charge in [0, 0.05) is 16.9 Å². The van der Waals surface area contributed by atoms with E-state index in [4.69, 9.17) is 4.18 Å². The summed E-state index contributed by atoms with van der Waals surface area (Å²) in [5.74, 6) is 0. The first-order valence-corrected chi connectivity index (χ1v) is 8.40. The highest BCUT2D eigenvalue weighted by Gasteiger charge is 2.09. The second-order valence-corrected chi connectivity index (χ2v) is 6.08. The van der Waals surface area contributed by atoms with Gasteiger partial charge in [0.2, 0.25) is 0 Å². The van der Waals surface area contributed by atoms with E-state index in [2.05, 4.69) is 45.0 Å². The number of hydrogen-bond acceptors (Lipinski definition) is 2. The molecule has 0 spiro atoms. The molecule has 1 aromatic rings. The highest BCUT2D eigenvalue weighted by atomic mass is 32.2. The SMILES string of the molecule is CCCCCC[C@H](CCC)OSc1ccc(C)cc1. The van der Waals surface area contributed by atoms with Crippen LogP contribution in [0.2, 0.25) is 0 Å². The van der Waals surface area contributed by atoms with Gasteiger partial charge in [-0.05, 0) is 31.9 Å². The zero-order valence-electron chi connectivity index (χ0n) is 12.7. The summed E-state index contributed by atoms with van der Waals surface area (Å²) < 4.78 is 6.01. The van der Waals surface area contributed by atoms with E-state index in [-0.39, 0.29) is 0 Å². The van der Waals surface area contributed by atoms with Crippen LogP contribution in [0.25, 0.3) is 0 Å². The molecular weight excluding hydrogens is 252 g/mol. The largest absolute Gasteiger partial charge is 0.307 e. The molecule has 0 heterocycles. The Balaban J connectivity index is 2.29. The summed E-state index contributed by atoms with van der Waals surface area (Å²) in [5.41, 5.74) is 1.30. The highest BCUT2D eigenvalue weighted by Crippen LogP contribution is 2.25. The van der Waals surface area contributed by atoms with Crippen molar-refractivity contribution in [2.24, 2.45) is 0 Å². The highest BCUT2D eigenvalue weighted by molar-refractivity contribution is 7.94. The van der Waals surface area contributed by atoms with E-state index < -0.39 is 0 Å². The third-order valence-corrected chi connectivity index (χ3v) is 4.12. The molecule has 1 nitrogen and oxygen atoms in total. The smallest absolute Gasteiger partial charge is 0.0726 e. The Kier molecular flexibility index (Phi) is 9.02. The zero-order valence-corrected chi connectivity index (χ0v) is 13.5. The van der Waals surface area contributed by atoms with Crippen molar-refractivity contribution < 1.29 is 4.18 Å². The maximum atomic E-state index is 6.01. The minimum absolute atomic E-state index is 0.410. The minimum Gasteiger partial charge on any atom is -0.307 e. The fourth-order valence-corrected chi connectivity index (χ4v) is 2.77. The van der Waals surface area contributed by atoms with Crippen molar-refractivity contribution >= 4 is 12.0 Å². The molecule has 19 heavy (non-hydrogen) atoms. The van der Waals surface area contributed by atoms with Crippen molar-refractivity contribution in [3.8, 4) is 0 Å². The monoisotopic (exact) mass is 280 g/mol. The molecule has 0 aliphatic carbocycles. The van der Waals surface area contributed by atoms with Gasteiger partial charge in [-0.3, -0.25) is 0 Å². The van der Waals surface area contributed by atoms with Gasteiger partial charge < -0.3 is 4.18 Å². The van der Waals surface area contributed by atoms with Gasteiger partial charge in [-0.25, -0.2) is 0 Å². The van der Waals surface area contributed by atoms with Crippen LogP contribution in [0.1, 0.15) is 64.4 Å². The van der Waals surface area contributed by atoms with Gasteiger partial charge >= 0.3 is 0 Å². The molecule has 1 rings (SSSR count). The molecule has 0 amide bonds. The van der Waals surface area contributed by atoms with Gasteiger partial charge in [-0.15, -0.1) is 0 Å². The molecular formula is C17H28OS. The fraction of sp³-hybridized carbons (Fsp3) is 0.647. The van der Waals surface area contributed by atoms with Gasteiger partial charge in [0.1, 0.15) is 0 Å². The molecule has 0 saturated carbocycles. The number of unbranched alkanes of at least 4 members (excludes halogenated alkanes) is 3. The summed E-state index contributed by atoms with van der Waals surface area (Å²) in [4.78, 5) is 1.21. The molecule has 0 aliphatic rings. The van der Waals surface area contributed by atoms with E-state index >= 15 is 0 Å². The molecule has 0 bridgehead atoms. The van der Waals surface area contributed by atoms with Crippen LogP contribution in [0, 0.1) is 6.92 Å². The lowest BCUT2D eigenvalue weighted by Crippen LogP contribution is -2.08. The first-order valence-electron chi connectivity index (χ1n) is 7.66. The summed E-state index contributed by atoms with van der Waals surface area (Å²) in [5, 5.41) is 0. The van der Waals surface area contributed by atoms with Crippen LogP contribution in [-0.2, 0) is 4.18 Å². The van der Waals surface area contributed by atoms with Crippen LogP contribution in [0.15, 0.2) is 29.2 Å². The summed E-state index contributed by atoms with van der Waals surface area (Å²) in [7, 11) is 0. The Hall–Kier alpha value is -0.470. The minimum atomic E-state index is 0.410. The average Bonchev–Trinajstić information content (AvgIpc) is 2.42. The Morgan fingerprint density at radius 1 is 0.947 bits per heavy atom. The van der Waals surface area contributed by atoms with Crippen LogP contribution in [0.4, 0.5) is 0 Å². The molecule has 0 N–H and O–H groups in total. The molecule has 0 aliphatic heterocycles. The molecule has 0 radical (unpaired) electrons. The first-order chi connectivity index (χ1) is 9.26. The topological polar surface area (TPSA) is 9.23 Å². The van der Waals surface area contributed by atoms with E-state index in [0.717, 1.165) is 0 Å². The van der Waals surface area contributed by atoms with Crippen LogP contribution in [-0.4, -0.2) is 6.10 Å². The number of benzene rings is 1. The van der Waals surface area contributed by atoms with Crippen LogP contribution in [0.5, 0.6) is 0 Å². The molecule has 1 atom stereocenters. The lowest BCUT2D eigenvalue weighted by Gasteiger charge is -2.16. The van der Waals surface area contributed by atoms with Gasteiger partial charge in [-0.2, -0.15) is 0 Å². The Labute approximate surface area is 123 Å². The number of rotatable bonds is 10. The molecule has 0 unspecified atom stereocenters. The molecule has 0 aromatic heterocycles. The second kappa shape index (κ2) is 10.3. The molecule has 2 heteroatoms. The van der Waals surface area contributed by atoms with Crippen molar-refractivity contribution in [1.29, 1.82) is 0 Å². The van der Waals surface area contributed by atoms with Gasteiger partial charge in [0.15, 0.2) is 0 Å². The second-order valence-electron chi connectivity index (χ2n) is 5.25. The van der Waals surface area contributed by atoms with Crippen LogP contribution >= 0.6 is 12.0 Å². The first kappa shape index (κ1) is 16.6. The maximum absolute atomic E-state index is 6.01. The lowest BCUT2D eigenvalue weighted by molar-refractivity contribution is 0.210. The fourth-order valence-electron chi connectivity index (χ4n) is 2.08. The summed E-state index contributed by atoms with van der Waals surface area (Å²) >= 11 is 1.54. The standard InChI is InChI=1S/C17H28OS/c1-4-6-7-8-10-16(9-5-2)18-19-17-13-11-15(3)12-14-17/h11-14,16H,4-10H2,1-3H3/t16-/m0/s1. The van der Waals surface area contributed by atoms with E-state index in [1.807, 2.05) is 0 Å². The Morgan fingerprint density at radius 2 is 1.68 bits per heavy atom. The Morgan fingerprint density at radius 3 is 2.32 bits per heavy atom. The Bertz CT molecular complexity index is 321. The number of hydrogen-bond donors (Lipinski definition) is 0.